The van der Waals surface area contributed by atoms with Crippen molar-refractivity contribution in [1.29, 1.82) is 0 Å². The number of carbonyl (C=O) groups excluding carboxylic acids is 3. The van der Waals surface area contributed by atoms with E-state index in [0.717, 1.165) is 18.2 Å². The number of nitro groups is 1. The van der Waals surface area contributed by atoms with Crippen LogP contribution in [0.4, 0.5) is 15.8 Å². The van der Waals surface area contributed by atoms with Crippen LogP contribution >= 0.6 is 0 Å². The smallest absolute Gasteiger partial charge is 0.338 e. The summed E-state index contributed by atoms with van der Waals surface area (Å²) >= 11 is 0. The molecule has 0 spiro atoms. The van der Waals surface area contributed by atoms with Crippen LogP contribution < -0.4 is 11.1 Å². The largest absolute Gasteiger partial charge is 0.452 e. The van der Waals surface area contributed by atoms with E-state index in [1.54, 1.807) is 0 Å². The molecule has 3 N–H and O–H groups in total. The standard InChI is InChI=1S/C16H12FN3O6/c17-12-6-5-11(20(24)25)7-13(12)19-14(21)8-26-16(23)10-3-1-9(2-4-10)15(18)22/h1-7H,8H2,(H2,18,22)(H,19,21). The molecule has 0 aliphatic carbocycles. The van der Waals surface area contributed by atoms with Gasteiger partial charge in [0.05, 0.1) is 16.2 Å². The number of primary amides is 1. The fraction of sp³-hybridized carbons (Fsp3) is 0.0625. The second kappa shape index (κ2) is 7.83. The Morgan fingerprint density at radius 2 is 1.73 bits per heavy atom. The maximum atomic E-state index is 13.6. The molecule has 2 aromatic rings. The van der Waals surface area contributed by atoms with Crippen molar-refractivity contribution in [2.24, 2.45) is 5.73 Å². The van der Waals surface area contributed by atoms with E-state index in [1.165, 1.54) is 24.3 Å². The van der Waals surface area contributed by atoms with Crippen LogP contribution in [0, 0.1) is 15.9 Å². The lowest BCUT2D eigenvalue weighted by atomic mass is 10.1. The number of nitro benzene ring substituents is 1. The Morgan fingerprint density at radius 3 is 2.31 bits per heavy atom. The Kier molecular flexibility index (Phi) is 5.58. The molecule has 26 heavy (non-hydrogen) atoms. The number of benzene rings is 2. The first-order valence-corrected chi connectivity index (χ1v) is 7.08. The summed E-state index contributed by atoms with van der Waals surface area (Å²) in [5.41, 5.74) is 4.52. The quantitative estimate of drug-likeness (QED) is 0.455. The molecule has 2 rings (SSSR count). The average molecular weight is 361 g/mol. The lowest BCUT2D eigenvalue weighted by molar-refractivity contribution is -0.384. The zero-order valence-electron chi connectivity index (χ0n) is 13.1. The Balaban J connectivity index is 1.96. The van der Waals surface area contributed by atoms with E-state index in [-0.39, 0.29) is 11.1 Å². The fourth-order valence-electron chi connectivity index (χ4n) is 1.89. The number of amides is 2. The van der Waals surface area contributed by atoms with Gasteiger partial charge in [-0.05, 0) is 30.3 Å². The van der Waals surface area contributed by atoms with Crippen LogP contribution in [0.15, 0.2) is 42.5 Å². The number of hydrogen-bond acceptors (Lipinski definition) is 6. The molecule has 9 nitrogen and oxygen atoms in total. The zero-order chi connectivity index (χ0) is 19.3. The van der Waals surface area contributed by atoms with E-state index in [9.17, 15) is 28.9 Å². The molecule has 2 aromatic carbocycles. The van der Waals surface area contributed by atoms with E-state index in [2.05, 4.69) is 5.32 Å². The fourth-order valence-corrected chi connectivity index (χ4v) is 1.89. The molecule has 0 bridgehead atoms. The highest BCUT2D eigenvalue weighted by Gasteiger charge is 2.15. The number of ether oxygens (including phenoxy) is 1. The number of nitrogens with one attached hydrogen (secondary N) is 1. The molecule has 0 saturated heterocycles. The van der Waals surface area contributed by atoms with Crippen molar-refractivity contribution in [3.63, 3.8) is 0 Å². The van der Waals surface area contributed by atoms with Gasteiger partial charge in [-0.15, -0.1) is 0 Å². The molecule has 0 unspecified atom stereocenters. The van der Waals surface area contributed by atoms with Crippen molar-refractivity contribution in [3.05, 3.63) is 69.5 Å². The zero-order valence-corrected chi connectivity index (χ0v) is 13.1. The monoisotopic (exact) mass is 361 g/mol. The number of nitrogens with two attached hydrogens (primary N) is 1. The number of carbonyl (C=O) groups is 3. The molecule has 0 saturated carbocycles. The van der Waals surface area contributed by atoms with Crippen LogP contribution in [0.1, 0.15) is 20.7 Å². The van der Waals surface area contributed by atoms with Gasteiger partial charge in [0.15, 0.2) is 6.61 Å². The first-order valence-electron chi connectivity index (χ1n) is 7.08. The lowest BCUT2D eigenvalue weighted by Crippen LogP contribution is -2.21. The van der Waals surface area contributed by atoms with Gasteiger partial charge < -0.3 is 15.8 Å². The van der Waals surface area contributed by atoms with Crippen LogP contribution in [0.5, 0.6) is 0 Å². The molecular formula is C16H12FN3O6. The van der Waals surface area contributed by atoms with Crippen LogP contribution in [0.2, 0.25) is 0 Å². The molecule has 0 radical (unpaired) electrons. The summed E-state index contributed by atoms with van der Waals surface area (Å²) in [6, 6.07) is 7.84. The first kappa shape index (κ1) is 18.5. The normalized spacial score (nSPS) is 10.0. The minimum atomic E-state index is -0.883. The maximum Gasteiger partial charge on any atom is 0.338 e. The van der Waals surface area contributed by atoms with E-state index in [1.807, 2.05) is 0 Å². The highest BCUT2D eigenvalue weighted by molar-refractivity contribution is 5.97. The van der Waals surface area contributed by atoms with Crippen molar-refractivity contribution in [1.82, 2.24) is 0 Å². The number of hydrogen-bond donors (Lipinski definition) is 2. The minimum Gasteiger partial charge on any atom is -0.452 e. The number of esters is 1. The third-order valence-corrected chi connectivity index (χ3v) is 3.17. The molecular weight excluding hydrogens is 349 g/mol. The second-order valence-electron chi connectivity index (χ2n) is 4.99. The summed E-state index contributed by atoms with van der Waals surface area (Å²) in [6.45, 7) is -0.738. The van der Waals surface area contributed by atoms with Crippen molar-refractivity contribution < 1.29 is 28.4 Å². The van der Waals surface area contributed by atoms with Gasteiger partial charge in [0, 0.05) is 17.7 Å². The van der Waals surface area contributed by atoms with Gasteiger partial charge in [-0.2, -0.15) is 0 Å². The predicted molar refractivity (Wildman–Crippen MR) is 86.9 cm³/mol. The van der Waals surface area contributed by atoms with Crippen LogP contribution in [-0.4, -0.2) is 29.3 Å². The predicted octanol–water partition coefficient (Wildman–Crippen LogP) is 1.63. The van der Waals surface area contributed by atoms with Crippen LogP contribution in [-0.2, 0) is 9.53 Å². The number of rotatable bonds is 6. The summed E-state index contributed by atoms with van der Waals surface area (Å²) in [6.07, 6.45) is 0. The van der Waals surface area contributed by atoms with Crippen molar-refractivity contribution >= 4 is 29.2 Å². The Labute approximate surface area is 145 Å². The van der Waals surface area contributed by atoms with Gasteiger partial charge in [-0.25, -0.2) is 9.18 Å². The number of anilines is 1. The molecule has 10 heteroatoms. The number of halogens is 1. The van der Waals surface area contributed by atoms with Crippen molar-refractivity contribution in [3.8, 4) is 0 Å². The van der Waals surface area contributed by atoms with Crippen LogP contribution in [0.3, 0.4) is 0 Å². The number of nitrogens with zero attached hydrogens (tertiary/aromatic N) is 1. The molecule has 0 atom stereocenters. The van der Waals surface area contributed by atoms with Gasteiger partial charge in [0.25, 0.3) is 11.6 Å². The molecule has 0 fully saturated rings. The Hall–Kier alpha value is -3.82. The van der Waals surface area contributed by atoms with Crippen molar-refractivity contribution in [2.75, 3.05) is 11.9 Å². The second-order valence-corrected chi connectivity index (χ2v) is 4.99. The van der Waals surface area contributed by atoms with Crippen molar-refractivity contribution in [2.45, 2.75) is 0 Å². The van der Waals surface area contributed by atoms with E-state index >= 15 is 0 Å². The SMILES string of the molecule is NC(=O)c1ccc(C(=O)OCC(=O)Nc2cc([N+](=O)[O-])ccc2F)cc1. The Morgan fingerprint density at radius 1 is 1.12 bits per heavy atom. The molecule has 0 heterocycles. The summed E-state index contributed by atoms with van der Waals surface area (Å²) in [4.78, 5) is 44.4. The van der Waals surface area contributed by atoms with E-state index in [0.29, 0.717) is 0 Å². The molecule has 0 aliphatic rings. The molecule has 0 aromatic heterocycles. The third-order valence-electron chi connectivity index (χ3n) is 3.17. The van der Waals surface area contributed by atoms with Gasteiger partial charge in [-0.1, -0.05) is 0 Å². The van der Waals surface area contributed by atoms with Gasteiger partial charge >= 0.3 is 5.97 Å². The number of non-ortho nitro benzene ring substituents is 1. The van der Waals surface area contributed by atoms with Gasteiger partial charge in [-0.3, -0.25) is 19.7 Å². The summed E-state index contributed by atoms with van der Waals surface area (Å²) in [5.74, 6) is -3.28. The summed E-state index contributed by atoms with van der Waals surface area (Å²) in [7, 11) is 0. The van der Waals surface area contributed by atoms with Crippen LogP contribution in [0.25, 0.3) is 0 Å². The maximum absolute atomic E-state index is 13.6. The summed E-state index contributed by atoms with van der Waals surface area (Å²) < 4.78 is 18.3. The third kappa shape index (κ3) is 4.60. The van der Waals surface area contributed by atoms with Gasteiger partial charge in [0.2, 0.25) is 5.91 Å². The minimum absolute atomic E-state index is 0.0735. The highest BCUT2D eigenvalue weighted by atomic mass is 19.1. The Bertz CT molecular complexity index is 882. The first-order chi connectivity index (χ1) is 12.3. The van der Waals surface area contributed by atoms with E-state index in [4.69, 9.17) is 10.5 Å². The molecule has 0 aliphatic heterocycles. The average Bonchev–Trinajstić information content (AvgIpc) is 2.61. The highest BCUT2D eigenvalue weighted by Crippen LogP contribution is 2.21. The summed E-state index contributed by atoms with van der Waals surface area (Å²) in [5, 5.41) is 12.7. The van der Waals surface area contributed by atoms with E-state index < -0.39 is 46.5 Å². The molecule has 134 valence electrons. The topological polar surface area (TPSA) is 142 Å². The lowest BCUT2D eigenvalue weighted by Gasteiger charge is -2.07. The van der Waals surface area contributed by atoms with Gasteiger partial charge in [0.1, 0.15) is 5.82 Å². The molecule has 2 amide bonds.